The Bertz CT molecular complexity index is 326. The molecule has 78 valence electrons. The molecule has 0 saturated carbocycles. The molecule has 0 radical (unpaired) electrons. The Morgan fingerprint density at radius 2 is 2.07 bits per heavy atom. The molecule has 0 atom stereocenters. The molecule has 0 unspecified atom stereocenters. The largest absolute Gasteiger partial charge is 0.495 e. The summed E-state index contributed by atoms with van der Waals surface area (Å²) in [5, 5.41) is 0.635. The van der Waals surface area contributed by atoms with Crippen LogP contribution in [-0.2, 0) is 4.75 Å². The van der Waals surface area contributed by atoms with Crippen molar-refractivity contribution >= 4 is 34.1 Å². The summed E-state index contributed by atoms with van der Waals surface area (Å²) in [4.78, 5) is 0. The Kier molecular flexibility index (Phi) is 4.04. The topological polar surface area (TPSA) is 9.23 Å². The van der Waals surface area contributed by atoms with Gasteiger partial charge in [0, 0.05) is 4.75 Å². The average Bonchev–Trinajstić information content (AvgIpc) is 2.18. The van der Waals surface area contributed by atoms with Crippen molar-refractivity contribution in [3.63, 3.8) is 0 Å². The fraction of sp³-hybridized carbons (Fsp3) is 0.400. The maximum atomic E-state index is 5.94. The minimum absolute atomic E-state index is 0.0407. The summed E-state index contributed by atoms with van der Waals surface area (Å²) >= 11 is 10.2. The minimum atomic E-state index is -0.0407. The Hall–Kier alpha value is 0.01000. The summed E-state index contributed by atoms with van der Waals surface area (Å²) in [5.41, 5.74) is 1.15. The van der Waals surface area contributed by atoms with E-state index in [2.05, 4.69) is 25.5 Å². The van der Waals surface area contributed by atoms with Gasteiger partial charge in [0.25, 0.3) is 0 Å². The van der Waals surface area contributed by atoms with Crippen LogP contribution in [0.3, 0.4) is 0 Å². The third-order valence-corrected chi connectivity index (χ3v) is 4.45. The van der Waals surface area contributed by atoms with Crippen molar-refractivity contribution < 1.29 is 4.74 Å². The molecule has 0 heterocycles. The smallest absolute Gasteiger partial charge is 0.137 e. The van der Waals surface area contributed by atoms with Crippen LogP contribution in [-0.4, -0.2) is 7.11 Å². The first-order valence-corrected chi connectivity index (χ1v) is 6.42. The maximum Gasteiger partial charge on any atom is 0.137 e. The van der Waals surface area contributed by atoms with Crippen molar-refractivity contribution in [2.75, 3.05) is 7.11 Å². The minimum Gasteiger partial charge on any atom is -0.495 e. The zero-order chi connectivity index (χ0) is 10.8. The summed E-state index contributed by atoms with van der Waals surface area (Å²) in [5.74, 6) is 0.708. The maximum absolute atomic E-state index is 5.94. The molecular weight excluding hydrogens is 236 g/mol. The zero-order valence-electron chi connectivity index (χ0n) is 8.37. The van der Waals surface area contributed by atoms with Gasteiger partial charge < -0.3 is 4.74 Å². The molecule has 4 heteroatoms. The monoisotopic (exact) mass is 248 g/mol. The van der Waals surface area contributed by atoms with E-state index in [1.165, 1.54) is 10.8 Å². The highest BCUT2D eigenvalue weighted by atomic mass is 35.5. The number of thiol groups is 1. The molecular formula is C10H13ClOS2. The number of rotatable bonds is 3. The van der Waals surface area contributed by atoms with Gasteiger partial charge >= 0.3 is 0 Å². The lowest BCUT2D eigenvalue weighted by molar-refractivity contribution is 0.414. The molecule has 1 nitrogen and oxygen atoms in total. The Labute approximate surface area is 99.0 Å². The first-order valence-electron chi connectivity index (χ1n) is 4.18. The van der Waals surface area contributed by atoms with E-state index in [9.17, 15) is 0 Å². The van der Waals surface area contributed by atoms with Crippen molar-refractivity contribution in [3.8, 4) is 5.75 Å². The summed E-state index contributed by atoms with van der Waals surface area (Å²) in [6, 6.07) is 5.79. The fourth-order valence-electron chi connectivity index (χ4n) is 1.09. The van der Waals surface area contributed by atoms with Crippen molar-refractivity contribution in [1.82, 2.24) is 0 Å². The molecule has 0 aromatic heterocycles. The van der Waals surface area contributed by atoms with Crippen LogP contribution in [0.4, 0.5) is 0 Å². The van der Waals surface area contributed by atoms with Gasteiger partial charge in [-0.25, -0.2) is 0 Å². The summed E-state index contributed by atoms with van der Waals surface area (Å²) < 4.78 is 5.12. The van der Waals surface area contributed by atoms with Crippen LogP contribution < -0.4 is 4.74 Å². The Morgan fingerprint density at radius 1 is 1.43 bits per heavy atom. The molecule has 0 amide bonds. The quantitative estimate of drug-likeness (QED) is 0.635. The van der Waals surface area contributed by atoms with Gasteiger partial charge in [-0.2, -0.15) is 0 Å². The second-order valence-corrected chi connectivity index (χ2v) is 5.61. The van der Waals surface area contributed by atoms with E-state index < -0.39 is 0 Å². The molecule has 1 rings (SSSR count). The predicted octanol–water partition coefficient (Wildman–Crippen LogP) is 4.16. The highest BCUT2D eigenvalue weighted by Gasteiger charge is 2.20. The molecule has 0 aliphatic rings. The first-order chi connectivity index (χ1) is 6.51. The Morgan fingerprint density at radius 3 is 2.57 bits per heavy atom. The summed E-state index contributed by atoms with van der Waals surface area (Å²) in [7, 11) is 3.12. The van der Waals surface area contributed by atoms with Crippen molar-refractivity contribution in [1.29, 1.82) is 0 Å². The van der Waals surface area contributed by atoms with E-state index in [0.717, 1.165) is 5.56 Å². The normalized spacial score (nSPS) is 11.5. The summed E-state index contributed by atoms with van der Waals surface area (Å²) in [6.07, 6.45) is 0. The lowest BCUT2D eigenvalue weighted by atomic mass is 10.0. The molecule has 0 fully saturated rings. The van der Waals surface area contributed by atoms with E-state index >= 15 is 0 Å². The Balaban J connectivity index is 3.12. The van der Waals surface area contributed by atoms with E-state index in [4.69, 9.17) is 16.3 Å². The zero-order valence-corrected chi connectivity index (χ0v) is 10.8. The second-order valence-electron chi connectivity index (χ2n) is 3.45. The number of hydrogen-bond acceptors (Lipinski definition) is 3. The van der Waals surface area contributed by atoms with Gasteiger partial charge in [-0.3, -0.25) is 0 Å². The number of hydrogen-bond donors (Lipinski definition) is 1. The van der Waals surface area contributed by atoms with E-state index in [1.807, 2.05) is 18.2 Å². The SMILES string of the molecule is COc1cc(C(C)(C)SS)ccc1Cl. The molecule has 0 bridgehead atoms. The molecule has 0 saturated heterocycles. The average molecular weight is 249 g/mol. The first kappa shape index (κ1) is 12.1. The van der Waals surface area contributed by atoms with Crippen molar-refractivity contribution in [3.05, 3.63) is 28.8 Å². The van der Waals surface area contributed by atoms with Gasteiger partial charge in [-0.05, 0) is 31.5 Å². The third-order valence-electron chi connectivity index (χ3n) is 2.07. The van der Waals surface area contributed by atoms with E-state index in [0.29, 0.717) is 10.8 Å². The molecule has 0 N–H and O–H groups in total. The van der Waals surface area contributed by atoms with Crippen molar-refractivity contribution in [2.24, 2.45) is 0 Å². The highest BCUT2D eigenvalue weighted by molar-refractivity contribution is 8.68. The number of methoxy groups -OCH3 is 1. The molecule has 14 heavy (non-hydrogen) atoms. The van der Waals surface area contributed by atoms with Crippen LogP contribution in [0.25, 0.3) is 0 Å². The van der Waals surface area contributed by atoms with Crippen LogP contribution in [0, 0.1) is 0 Å². The van der Waals surface area contributed by atoms with Crippen LogP contribution in [0.1, 0.15) is 19.4 Å². The molecule has 0 spiro atoms. The van der Waals surface area contributed by atoms with E-state index in [1.54, 1.807) is 7.11 Å². The lowest BCUT2D eigenvalue weighted by Crippen LogP contribution is -2.09. The van der Waals surface area contributed by atoms with Crippen LogP contribution >= 0.6 is 34.1 Å². The van der Waals surface area contributed by atoms with Gasteiger partial charge in [0.2, 0.25) is 0 Å². The number of halogens is 1. The number of benzene rings is 1. The van der Waals surface area contributed by atoms with Crippen LogP contribution in [0.2, 0.25) is 5.02 Å². The number of ether oxygens (including phenoxy) is 1. The van der Waals surface area contributed by atoms with Gasteiger partial charge in [-0.1, -0.05) is 28.5 Å². The van der Waals surface area contributed by atoms with Gasteiger partial charge in [-0.15, -0.1) is 11.7 Å². The van der Waals surface area contributed by atoms with Crippen LogP contribution in [0.5, 0.6) is 5.75 Å². The van der Waals surface area contributed by atoms with Gasteiger partial charge in [0.05, 0.1) is 12.1 Å². The molecule has 1 aromatic rings. The molecule has 0 aliphatic carbocycles. The van der Waals surface area contributed by atoms with E-state index in [-0.39, 0.29) is 4.75 Å². The standard InChI is InChI=1S/C10H13ClOS2/c1-10(2,14-13)7-4-5-8(11)9(6-7)12-3/h4-6,13H,1-3H3. The van der Waals surface area contributed by atoms with Crippen LogP contribution in [0.15, 0.2) is 18.2 Å². The molecule has 1 aromatic carbocycles. The fourth-order valence-corrected chi connectivity index (χ4v) is 1.83. The highest BCUT2D eigenvalue weighted by Crippen LogP contribution is 2.40. The lowest BCUT2D eigenvalue weighted by Gasteiger charge is -2.22. The second kappa shape index (κ2) is 4.69. The third kappa shape index (κ3) is 2.53. The summed E-state index contributed by atoms with van der Waals surface area (Å²) in [6.45, 7) is 4.21. The van der Waals surface area contributed by atoms with Crippen molar-refractivity contribution in [2.45, 2.75) is 18.6 Å². The molecule has 0 aliphatic heterocycles. The predicted molar refractivity (Wildman–Crippen MR) is 67.6 cm³/mol. The van der Waals surface area contributed by atoms with Gasteiger partial charge in [0.1, 0.15) is 5.75 Å². The van der Waals surface area contributed by atoms with Gasteiger partial charge in [0.15, 0.2) is 0 Å².